The van der Waals surface area contributed by atoms with Gasteiger partial charge in [-0.1, -0.05) is 0 Å². The molecule has 0 saturated carbocycles. The van der Waals surface area contributed by atoms with Gasteiger partial charge in [-0.3, -0.25) is 0 Å². The molecule has 0 atom stereocenters. The van der Waals surface area contributed by atoms with Crippen molar-refractivity contribution in [3.05, 3.63) is 23.8 Å². The first-order valence-corrected chi connectivity index (χ1v) is 5.30. The number of benzene rings is 1. The normalized spacial score (nSPS) is 11.4. The van der Waals surface area contributed by atoms with Crippen LogP contribution in [0.1, 0.15) is 10.4 Å². The number of nitrogens with zero attached hydrogens (tertiary/aromatic N) is 1. The van der Waals surface area contributed by atoms with Gasteiger partial charge in [0.25, 0.3) is 0 Å². The van der Waals surface area contributed by atoms with Crippen molar-refractivity contribution < 1.29 is 28.2 Å². The molecule has 0 unspecified atom stereocenters. The average Bonchev–Trinajstić information content (AvgIpc) is 2.27. The summed E-state index contributed by atoms with van der Waals surface area (Å²) >= 11 is 0. The van der Waals surface area contributed by atoms with Gasteiger partial charge in [-0.15, -0.1) is 0 Å². The molecule has 1 rings (SSSR count). The Morgan fingerprint density at radius 3 is 2.47 bits per heavy atom. The summed E-state index contributed by atoms with van der Waals surface area (Å²) in [6.45, 7) is -2.12. The molecule has 8 heteroatoms. The van der Waals surface area contributed by atoms with Gasteiger partial charge in [-0.25, -0.2) is 4.79 Å². The molecule has 1 aromatic carbocycles. The molecule has 0 aromatic heterocycles. The van der Waals surface area contributed by atoms with E-state index in [0.29, 0.717) is 0 Å². The van der Waals surface area contributed by atoms with Crippen LogP contribution in [0.2, 0.25) is 0 Å². The first kappa shape index (κ1) is 15.1. The van der Waals surface area contributed by atoms with Crippen LogP contribution in [0.15, 0.2) is 18.2 Å². The number of alkyl halides is 3. The third kappa shape index (κ3) is 4.32. The molecule has 0 fully saturated rings. The van der Waals surface area contributed by atoms with Gasteiger partial charge < -0.3 is 20.8 Å². The van der Waals surface area contributed by atoms with Crippen LogP contribution < -0.4 is 10.6 Å². The predicted molar refractivity (Wildman–Crippen MR) is 63.2 cm³/mol. The quantitative estimate of drug-likeness (QED) is 0.707. The van der Waals surface area contributed by atoms with E-state index >= 15 is 0 Å². The molecule has 106 valence electrons. The summed E-state index contributed by atoms with van der Waals surface area (Å²) in [6, 6.07) is 3.48. The zero-order chi connectivity index (χ0) is 14.6. The zero-order valence-corrected chi connectivity index (χ0v) is 9.81. The van der Waals surface area contributed by atoms with Gasteiger partial charge in [0.15, 0.2) is 0 Å². The maximum Gasteiger partial charge on any atom is 0.405 e. The second kappa shape index (κ2) is 5.79. The largest absolute Gasteiger partial charge is 0.478 e. The van der Waals surface area contributed by atoms with Crippen molar-refractivity contribution in [2.75, 3.05) is 30.3 Å². The standard InChI is InChI=1S/C11H13F3N2O3/c12-11(13,14)6-16(3-4-17)9-5-7(10(18)19)1-2-8(9)15/h1-2,5,17H,3-4,6,15H2,(H,18,19). The van der Waals surface area contributed by atoms with Crippen molar-refractivity contribution in [2.45, 2.75) is 6.18 Å². The molecule has 0 bridgehead atoms. The van der Waals surface area contributed by atoms with Crippen LogP contribution in [0, 0.1) is 0 Å². The highest BCUT2D eigenvalue weighted by atomic mass is 19.4. The lowest BCUT2D eigenvalue weighted by atomic mass is 10.1. The van der Waals surface area contributed by atoms with E-state index < -0.39 is 25.3 Å². The number of hydrogen-bond donors (Lipinski definition) is 3. The molecule has 0 aliphatic rings. The van der Waals surface area contributed by atoms with Crippen molar-refractivity contribution in [1.29, 1.82) is 0 Å². The van der Waals surface area contributed by atoms with Gasteiger partial charge >= 0.3 is 12.1 Å². The number of nitrogens with two attached hydrogens (primary N) is 1. The molecule has 1 aromatic rings. The SMILES string of the molecule is Nc1ccc(C(=O)O)cc1N(CCO)CC(F)(F)F. The van der Waals surface area contributed by atoms with E-state index in [1.165, 1.54) is 12.1 Å². The molecule has 0 spiro atoms. The smallest absolute Gasteiger partial charge is 0.405 e. The summed E-state index contributed by atoms with van der Waals surface area (Å²) in [5.74, 6) is -1.27. The number of halogens is 3. The van der Waals surface area contributed by atoms with Crippen molar-refractivity contribution in [3.8, 4) is 0 Å². The maximum atomic E-state index is 12.4. The van der Waals surface area contributed by atoms with Crippen LogP contribution in [0.4, 0.5) is 24.5 Å². The number of carbonyl (C=O) groups is 1. The minimum atomic E-state index is -4.49. The van der Waals surface area contributed by atoms with Crippen LogP contribution in [0.25, 0.3) is 0 Å². The molecule has 0 aliphatic heterocycles. The monoisotopic (exact) mass is 278 g/mol. The lowest BCUT2D eigenvalue weighted by Crippen LogP contribution is -2.36. The highest BCUT2D eigenvalue weighted by Gasteiger charge is 2.31. The minimum Gasteiger partial charge on any atom is -0.478 e. The summed E-state index contributed by atoms with van der Waals surface area (Å²) in [5.41, 5.74) is 5.34. The fourth-order valence-electron chi connectivity index (χ4n) is 1.57. The molecule has 0 aliphatic carbocycles. The molecule has 5 nitrogen and oxygen atoms in total. The first-order valence-electron chi connectivity index (χ1n) is 5.30. The number of hydrogen-bond acceptors (Lipinski definition) is 4. The molecule has 0 amide bonds. The Morgan fingerprint density at radius 2 is 2.00 bits per heavy atom. The number of carboxylic acids is 1. The highest BCUT2D eigenvalue weighted by molar-refractivity contribution is 5.90. The Bertz CT molecular complexity index is 463. The van der Waals surface area contributed by atoms with Crippen molar-refractivity contribution in [2.24, 2.45) is 0 Å². The van der Waals surface area contributed by atoms with Gasteiger partial charge in [0.1, 0.15) is 6.54 Å². The van der Waals surface area contributed by atoms with Gasteiger partial charge in [0.05, 0.1) is 23.5 Å². The van der Waals surface area contributed by atoms with Crippen LogP contribution in [-0.2, 0) is 0 Å². The topological polar surface area (TPSA) is 86.8 Å². The molecule has 0 saturated heterocycles. The first-order chi connectivity index (χ1) is 8.74. The fraction of sp³-hybridized carbons (Fsp3) is 0.364. The third-order valence-corrected chi connectivity index (χ3v) is 2.36. The summed E-state index contributed by atoms with van der Waals surface area (Å²) in [6.07, 6.45) is -4.49. The molecule has 4 N–H and O–H groups in total. The molecular weight excluding hydrogens is 265 g/mol. The van der Waals surface area contributed by atoms with E-state index in [4.69, 9.17) is 15.9 Å². The Balaban J connectivity index is 3.13. The summed E-state index contributed by atoms with van der Waals surface area (Å²) in [5, 5.41) is 17.6. The number of aromatic carboxylic acids is 1. The van der Waals surface area contributed by atoms with Crippen LogP contribution in [0.3, 0.4) is 0 Å². The van der Waals surface area contributed by atoms with Gasteiger partial charge in [0.2, 0.25) is 0 Å². The number of rotatable bonds is 5. The third-order valence-electron chi connectivity index (χ3n) is 2.36. The van der Waals surface area contributed by atoms with E-state index in [1.54, 1.807) is 0 Å². The van der Waals surface area contributed by atoms with Crippen molar-refractivity contribution in [1.82, 2.24) is 0 Å². The van der Waals surface area contributed by atoms with E-state index in [2.05, 4.69) is 0 Å². The fourth-order valence-corrected chi connectivity index (χ4v) is 1.57. The molecule has 19 heavy (non-hydrogen) atoms. The van der Waals surface area contributed by atoms with Crippen molar-refractivity contribution >= 4 is 17.3 Å². The van der Waals surface area contributed by atoms with Gasteiger partial charge in [-0.2, -0.15) is 13.2 Å². The van der Waals surface area contributed by atoms with Crippen LogP contribution in [-0.4, -0.2) is 42.1 Å². The zero-order valence-electron chi connectivity index (χ0n) is 9.81. The Labute approximate surface area is 107 Å². The Hall–Kier alpha value is -1.96. The van der Waals surface area contributed by atoms with E-state index in [0.717, 1.165) is 11.0 Å². The highest BCUT2D eigenvalue weighted by Crippen LogP contribution is 2.28. The molecule has 0 heterocycles. The number of anilines is 2. The summed E-state index contributed by atoms with van der Waals surface area (Å²) in [4.78, 5) is 11.6. The van der Waals surface area contributed by atoms with Gasteiger partial charge in [-0.05, 0) is 18.2 Å². The number of aliphatic hydroxyl groups is 1. The van der Waals surface area contributed by atoms with E-state index in [1.807, 2.05) is 0 Å². The maximum absolute atomic E-state index is 12.4. The van der Waals surface area contributed by atoms with E-state index in [-0.39, 0.29) is 23.5 Å². The minimum absolute atomic E-state index is 0.0164. The number of nitrogen functional groups attached to an aromatic ring is 1. The number of aliphatic hydroxyl groups excluding tert-OH is 1. The summed E-state index contributed by atoms with van der Waals surface area (Å²) in [7, 11) is 0. The summed E-state index contributed by atoms with van der Waals surface area (Å²) < 4.78 is 37.3. The predicted octanol–water partition coefficient (Wildman–Crippen LogP) is 1.33. The van der Waals surface area contributed by atoms with Crippen LogP contribution in [0.5, 0.6) is 0 Å². The molecular formula is C11H13F3N2O3. The Kier molecular flexibility index (Phi) is 4.60. The molecule has 0 radical (unpaired) electrons. The van der Waals surface area contributed by atoms with Crippen LogP contribution >= 0.6 is 0 Å². The van der Waals surface area contributed by atoms with Gasteiger partial charge in [0, 0.05) is 6.54 Å². The second-order valence-corrected chi connectivity index (χ2v) is 3.84. The second-order valence-electron chi connectivity index (χ2n) is 3.84. The average molecular weight is 278 g/mol. The Morgan fingerprint density at radius 1 is 1.37 bits per heavy atom. The lowest BCUT2D eigenvalue weighted by Gasteiger charge is -2.26. The van der Waals surface area contributed by atoms with Crippen molar-refractivity contribution in [3.63, 3.8) is 0 Å². The lowest BCUT2D eigenvalue weighted by molar-refractivity contribution is -0.119. The number of carboxylic acid groups (broad SMARTS) is 1. The van der Waals surface area contributed by atoms with E-state index in [9.17, 15) is 18.0 Å².